The molecule has 16 heavy (non-hydrogen) atoms. The van der Waals surface area contributed by atoms with Crippen LogP contribution in [0.4, 0.5) is 0 Å². The molecular formula is C10H14ClNO3S. The highest BCUT2D eigenvalue weighted by molar-refractivity contribution is 7.84. The van der Waals surface area contributed by atoms with Gasteiger partial charge in [-0.1, -0.05) is 18.5 Å². The van der Waals surface area contributed by atoms with E-state index in [0.717, 1.165) is 0 Å². The van der Waals surface area contributed by atoms with Crippen LogP contribution in [0.1, 0.15) is 23.8 Å². The number of aryl methyl sites for hydroxylation is 1. The SMILES string of the molecule is CC(CCn1cc(Cl)cc1C(=O)O)S(C)=O. The van der Waals surface area contributed by atoms with E-state index in [1.54, 1.807) is 17.0 Å². The molecule has 0 bridgehead atoms. The van der Waals surface area contributed by atoms with Crippen LogP contribution in [0.5, 0.6) is 0 Å². The van der Waals surface area contributed by atoms with Gasteiger partial charge in [0.05, 0.1) is 5.02 Å². The number of carboxylic acids is 1. The molecule has 1 rings (SSSR count). The smallest absolute Gasteiger partial charge is 0.352 e. The van der Waals surface area contributed by atoms with Crippen molar-refractivity contribution in [2.75, 3.05) is 6.26 Å². The van der Waals surface area contributed by atoms with Gasteiger partial charge in [0.1, 0.15) is 5.69 Å². The number of nitrogens with zero attached hydrogens (tertiary/aromatic N) is 1. The number of halogens is 1. The van der Waals surface area contributed by atoms with Crippen molar-refractivity contribution >= 4 is 28.4 Å². The summed E-state index contributed by atoms with van der Waals surface area (Å²) in [7, 11) is -0.888. The molecule has 0 saturated heterocycles. The van der Waals surface area contributed by atoms with Gasteiger partial charge >= 0.3 is 5.97 Å². The summed E-state index contributed by atoms with van der Waals surface area (Å²) in [6, 6.07) is 1.41. The van der Waals surface area contributed by atoms with Crippen LogP contribution in [0, 0.1) is 0 Å². The average Bonchev–Trinajstić information content (AvgIpc) is 2.56. The number of hydrogen-bond acceptors (Lipinski definition) is 2. The summed E-state index contributed by atoms with van der Waals surface area (Å²) >= 11 is 5.74. The Morgan fingerprint density at radius 1 is 1.69 bits per heavy atom. The van der Waals surface area contributed by atoms with Crippen LogP contribution in [-0.2, 0) is 17.3 Å². The van der Waals surface area contributed by atoms with Crippen molar-refractivity contribution in [3.8, 4) is 0 Å². The topological polar surface area (TPSA) is 59.3 Å². The molecule has 0 spiro atoms. The Morgan fingerprint density at radius 2 is 2.31 bits per heavy atom. The zero-order chi connectivity index (χ0) is 12.3. The van der Waals surface area contributed by atoms with Gasteiger partial charge in [0.25, 0.3) is 0 Å². The van der Waals surface area contributed by atoms with Gasteiger partial charge in [-0.2, -0.15) is 0 Å². The van der Waals surface area contributed by atoms with Crippen molar-refractivity contribution in [3.05, 3.63) is 23.0 Å². The standard InChI is InChI=1S/C10H14ClNO3S/c1-7(16(2)15)3-4-12-6-8(11)5-9(12)10(13)14/h5-7H,3-4H2,1-2H3,(H,13,14). The maximum atomic E-state index is 11.1. The summed E-state index contributed by atoms with van der Waals surface area (Å²) in [4.78, 5) is 10.9. The van der Waals surface area contributed by atoms with Crippen molar-refractivity contribution in [3.63, 3.8) is 0 Å². The van der Waals surface area contributed by atoms with Crippen LogP contribution < -0.4 is 0 Å². The Morgan fingerprint density at radius 3 is 2.81 bits per heavy atom. The Labute approximate surface area is 102 Å². The summed E-state index contributed by atoms with van der Waals surface area (Å²) in [6.07, 6.45) is 3.89. The lowest BCUT2D eigenvalue weighted by molar-refractivity contribution is 0.0685. The van der Waals surface area contributed by atoms with Crippen molar-refractivity contribution in [1.82, 2.24) is 4.57 Å². The van der Waals surface area contributed by atoms with E-state index in [1.165, 1.54) is 6.07 Å². The molecule has 0 aromatic carbocycles. The van der Waals surface area contributed by atoms with E-state index in [9.17, 15) is 9.00 Å². The third kappa shape index (κ3) is 3.35. The van der Waals surface area contributed by atoms with Gasteiger partial charge in [-0.25, -0.2) is 4.79 Å². The van der Waals surface area contributed by atoms with Crippen molar-refractivity contribution in [1.29, 1.82) is 0 Å². The summed E-state index contributed by atoms with van der Waals surface area (Å²) < 4.78 is 12.7. The van der Waals surface area contributed by atoms with Gasteiger partial charge in [-0.15, -0.1) is 0 Å². The number of aromatic carboxylic acids is 1. The van der Waals surface area contributed by atoms with E-state index in [2.05, 4.69) is 0 Å². The van der Waals surface area contributed by atoms with Crippen LogP contribution in [0.2, 0.25) is 5.02 Å². The molecule has 6 heteroatoms. The maximum Gasteiger partial charge on any atom is 0.352 e. The molecule has 0 saturated carbocycles. The Kier molecular flexibility index (Phi) is 4.56. The molecule has 1 aromatic rings. The van der Waals surface area contributed by atoms with Gasteiger partial charge < -0.3 is 9.67 Å². The summed E-state index contributed by atoms with van der Waals surface area (Å²) in [6.45, 7) is 2.39. The highest BCUT2D eigenvalue weighted by Crippen LogP contribution is 2.15. The molecule has 2 unspecified atom stereocenters. The Hall–Kier alpha value is -0.810. The second-order valence-electron chi connectivity index (χ2n) is 3.64. The first-order chi connectivity index (χ1) is 7.41. The lowest BCUT2D eigenvalue weighted by atomic mass is 10.3. The van der Waals surface area contributed by atoms with E-state index in [1.807, 2.05) is 6.92 Å². The first-order valence-electron chi connectivity index (χ1n) is 4.83. The van der Waals surface area contributed by atoms with Gasteiger partial charge in [-0.3, -0.25) is 4.21 Å². The molecule has 0 amide bonds. The van der Waals surface area contributed by atoms with Gasteiger partial charge in [0.2, 0.25) is 0 Å². The molecule has 0 aliphatic heterocycles. The molecule has 0 fully saturated rings. The molecule has 0 aliphatic rings. The summed E-state index contributed by atoms with van der Waals surface area (Å²) in [5, 5.41) is 9.36. The zero-order valence-electron chi connectivity index (χ0n) is 9.14. The molecule has 4 nitrogen and oxygen atoms in total. The fourth-order valence-electron chi connectivity index (χ4n) is 1.33. The molecule has 0 aliphatic carbocycles. The normalized spacial score (nSPS) is 14.7. The Balaban J connectivity index is 2.73. The maximum absolute atomic E-state index is 11.1. The van der Waals surface area contributed by atoms with Gasteiger partial charge in [-0.05, 0) is 12.5 Å². The monoisotopic (exact) mass is 263 g/mol. The van der Waals surface area contributed by atoms with Crippen LogP contribution in [0.25, 0.3) is 0 Å². The molecular weight excluding hydrogens is 250 g/mol. The third-order valence-electron chi connectivity index (χ3n) is 2.43. The van der Waals surface area contributed by atoms with E-state index >= 15 is 0 Å². The largest absolute Gasteiger partial charge is 0.477 e. The number of aromatic nitrogens is 1. The predicted molar refractivity (Wildman–Crippen MR) is 64.5 cm³/mol. The molecule has 90 valence electrons. The highest BCUT2D eigenvalue weighted by atomic mass is 35.5. The lowest BCUT2D eigenvalue weighted by Crippen LogP contribution is -2.15. The summed E-state index contributed by atoms with van der Waals surface area (Å²) in [5.74, 6) is -1.00. The molecule has 1 aromatic heterocycles. The molecule has 2 atom stereocenters. The first-order valence-corrected chi connectivity index (χ1v) is 6.83. The van der Waals surface area contributed by atoms with E-state index < -0.39 is 16.8 Å². The van der Waals surface area contributed by atoms with E-state index in [0.29, 0.717) is 18.0 Å². The van der Waals surface area contributed by atoms with E-state index in [4.69, 9.17) is 16.7 Å². The van der Waals surface area contributed by atoms with Crippen molar-refractivity contribution in [2.45, 2.75) is 25.1 Å². The van der Waals surface area contributed by atoms with Crippen molar-refractivity contribution < 1.29 is 14.1 Å². The Bertz CT molecular complexity index is 416. The highest BCUT2D eigenvalue weighted by Gasteiger charge is 2.13. The average molecular weight is 264 g/mol. The minimum absolute atomic E-state index is 0.0443. The lowest BCUT2D eigenvalue weighted by Gasteiger charge is -2.10. The van der Waals surface area contributed by atoms with E-state index in [-0.39, 0.29) is 10.9 Å². The van der Waals surface area contributed by atoms with Crippen LogP contribution in [-0.4, -0.2) is 31.4 Å². The summed E-state index contributed by atoms with van der Waals surface area (Å²) in [5.41, 5.74) is 0.166. The first kappa shape index (κ1) is 13.3. The quantitative estimate of drug-likeness (QED) is 0.884. The molecule has 0 radical (unpaired) electrons. The predicted octanol–water partition coefficient (Wildman–Crippen LogP) is 2.00. The van der Waals surface area contributed by atoms with Crippen LogP contribution in [0.15, 0.2) is 12.3 Å². The number of carbonyl (C=O) groups is 1. The number of hydrogen-bond donors (Lipinski definition) is 1. The van der Waals surface area contributed by atoms with Crippen LogP contribution >= 0.6 is 11.6 Å². The fourth-order valence-corrected chi connectivity index (χ4v) is 1.98. The van der Waals surface area contributed by atoms with Crippen LogP contribution in [0.3, 0.4) is 0 Å². The fraction of sp³-hybridized carbons (Fsp3) is 0.500. The minimum atomic E-state index is -1.00. The molecule has 1 heterocycles. The second kappa shape index (κ2) is 5.50. The van der Waals surface area contributed by atoms with Gasteiger partial charge in [0.15, 0.2) is 0 Å². The van der Waals surface area contributed by atoms with Gasteiger partial charge in [0, 0.05) is 35.0 Å². The zero-order valence-corrected chi connectivity index (χ0v) is 10.7. The third-order valence-corrected chi connectivity index (χ3v) is 4.00. The number of rotatable bonds is 5. The minimum Gasteiger partial charge on any atom is -0.477 e. The molecule has 1 N–H and O–H groups in total. The van der Waals surface area contributed by atoms with Crippen molar-refractivity contribution in [2.24, 2.45) is 0 Å². The second-order valence-corrected chi connectivity index (χ2v) is 5.88. The number of carboxylic acid groups (broad SMARTS) is 1.